The molecule has 0 atom stereocenters. The maximum absolute atomic E-state index is 13.0. The number of alkyl halides is 1. The largest absolute Gasteiger partial charge is 0.496 e. The number of carbonyl (C=O) groups is 3. The van der Waals surface area contributed by atoms with E-state index in [2.05, 4.69) is 10.2 Å². The number of halogens is 1. The number of anilines is 1. The van der Waals surface area contributed by atoms with E-state index in [1.165, 1.54) is 26.4 Å². The highest BCUT2D eigenvalue weighted by Gasteiger charge is 2.32. The molecule has 0 spiro atoms. The zero-order valence-corrected chi connectivity index (χ0v) is 20.8. The Labute approximate surface area is 205 Å². The number of nitrogens with zero attached hydrogens (tertiary/aromatic N) is 1. The monoisotopic (exact) mass is 490 g/mol. The Balaban J connectivity index is 1.66. The molecule has 35 heavy (non-hydrogen) atoms. The molecule has 8 nitrogen and oxygen atoms in total. The highest BCUT2D eigenvalue weighted by molar-refractivity contribution is 6.06. The Morgan fingerprint density at radius 1 is 1.20 bits per heavy atom. The first-order chi connectivity index (χ1) is 16.8. The van der Waals surface area contributed by atoms with Gasteiger partial charge >= 0.3 is 11.9 Å². The Hall–Kier alpha value is -2.94. The van der Waals surface area contributed by atoms with Crippen molar-refractivity contribution in [2.75, 3.05) is 45.3 Å². The summed E-state index contributed by atoms with van der Waals surface area (Å²) in [4.78, 5) is 38.7. The summed E-state index contributed by atoms with van der Waals surface area (Å²) in [5.41, 5.74) is 3.33. The van der Waals surface area contributed by atoms with Gasteiger partial charge in [-0.25, -0.2) is 9.18 Å². The zero-order chi connectivity index (χ0) is 25.4. The van der Waals surface area contributed by atoms with Crippen LogP contribution in [0.15, 0.2) is 11.6 Å². The molecule has 1 N–H and O–H groups in total. The normalized spacial score (nSPS) is 16.0. The number of nitrogens with one attached hydrogen (secondary N) is 1. The third-order valence-corrected chi connectivity index (χ3v) is 6.56. The number of allylic oxidation sites excluding steroid dienone is 2. The third-order valence-electron chi connectivity index (χ3n) is 6.56. The van der Waals surface area contributed by atoms with E-state index in [1.807, 2.05) is 19.9 Å². The highest BCUT2D eigenvalue weighted by atomic mass is 19.1. The van der Waals surface area contributed by atoms with Crippen LogP contribution in [-0.4, -0.2) is 62.8 Å². The van der Waals surface area contributed by atoms with E-state index in [-0.39, 0.29) is 30.2 Å². The van der Waals surface area contributed by atoms with Crippen LogP contribution >= 0.6 is 0 Å². The Kier molecular flexibility index (Phi) is 9.65. The molecule has 192 valence electrons. The molecule has 1 fully saturated rings. The van der Waals surface area contributed by atoms with Gasteiger partial charge in [0.15, 0.2) is 6.67 Å². The summed E-state index contributed by atoms with van der Waals surface area (Å²) < 4.78 is 29.1. The second-order valence-electron chi connectivity index (χ2n) is 9.00. The van der Waals surface area contributed by atoms with E-state index in [4.69, 9.17) is 14.2 Å². The number of cyclic esters (lactones) is 1. The van der Waals surface area contributed by atoms with E-state index in [9.17, 15) is 18.8 Å². The van der Waals surface area contributed by atoms with Crippen LogP contribution in [0.5, 0.6) is 5.75 Å². The fraction of sp³-hybridized carbons (Fsp3) is 0.577. The number of piperidine rings is 1. The van der Waals surface area contributed by atoms with Gasteiger partial charge in [-0.1, -0.05) is 18.1 Å². The lowest BCUT2D eigenvalue weighted by molar-refractivity contribution is -0.144. The summed E-state index contributed by atoms with van der Waals surface area (Å²) in [6.07, 6.45) is 6.69. The van der Waals surface area contributed by atoms with Crippen molar-refractivity contribution in [2.24, 2.45) is 0 Å². The molecule has 1 aromatic carbocycles. The lowest BCUT2D eigenvalue weighted by Crippen LogP contribution is -2.33. The summed E-state index contributed by atoms with van der Waals surface area (Å²) in [5, 5.41) is 2.51. The van der Waals surface area contributed by atoms with Crippen molar-refractivity contribution in [3.05, 3.63) is 33.9 Å². The molecule has 2 aliphatic heterocycles. The minimum atomic E-state index is -1.21. The van der Waals surface area contributed by atoms with E-state index in [0.717, 1.165) is 30.8 Å². The number of rotatable bonds is 11. The molecule has 2 heterocycles. The lowest BCUT2D eigenvalue weighted by atomic mass is 9.93. The minimum Gasteiger partial charge on any atom is -0.496 e. The summed E-state index contributed by atoms with van der Waals surface area (Å²) in [7, 11) is 1.51. The number of methoxy groups -OCH3 is 1. The molecule has 1 aromatic rings. The summed E-state index contributed by atoms with van der Waals surface area (Å²) in [6, 6.07) is 0. The molecule has 1 saturated heterocycles. The number of amides is 1. The van der Waals surface area contributed by atoms with Crippen molar-refractivity contribution in [3.63, 3.8) is 0 Å². The van der Waals surface area contributed by atoms with Gasteiger partial charge in [0.1, 0.15) is 19.0 Å². The highest BCUT2D eigenvalue weighted by Crippen LogP contribution is 2.41. The van der Waals surface area contributed by atoms with E-state index in [0.29, 0.717) is 36.3 Å². The van der Waals surface area contributed by atoms with Gasteiger partial charge in [0, 0.05) is 24.1 Å². The number of hydrogen-bond donors (Lipinski definition) is 1. The van der Waals surface area contributed by atoms with Gasteiger partial charge in [0.2, 0.25) is 0 Å². The quantitative estimate of drug-likeness (QED) is 0.372. The first-order valence-electron chi connectivity index (χ1n) is 12.1. The predicted molar refractivity (Wildman–Crippen MR) is 129 cm³/mol. The number of carbonyl (C=O) groups excluding carboxylic acids is 3. The van der Waals surface area contributed by atoms with Crippen molar-refractivity contribution >= 4 is 23.5 Å². The van der Waals surface area contributed by atoms with E-state index < -0.39 is 18.6 Å². The minimum absolute atomic E-state index is 0.0733. The van der Waals surface area contributed by atoms with Gasteiger partial charge in [0.25, 0.3) is 5.91 Å². The summed E-state index contributed by atoms with van der Waals surface area (Å²) in [6.45, 7) is 5.89. The van der Waals surface area contributed by atoms with Crippen LogP contribution in [-0.2, 0) is 32.1 Å². The van der Waals surface area contributed by atoms with Crippen LogP contribution in [0.1, 0.15) is 66.1 Å². The van der Waals surface area contributed by atoms with Crippen LogP contribution in [0.2, 0.25) is 0 Å². The topological polar surface area (TPSA) is 94.2 Å². The number of benzene rings is 1. The summed E-state index contributed by atoms with van der Waals surface area (Å²) in [5.74, 6) is -1.14. The maximum Gasteiger partial charge on any atom is 0.341 e. The smallest absolute Gasteiger partial charge is 0.341 e. The first kappa shape index (κ1) is 26.7. The van der Waals surface area contributed by atoms with Crippen molar-refractivity contribution in [2.45, 2.75) is 59.0 Å². The molecule has 9 heteroatoms. The van der Waals surface area contributed by atoms with Gasteiger partial charge in [-0.3, -0.25) is 14.5 Å². The van der Waals surface area contributed by atoms with Crippen molar-refractivity contribution in [1.82, 2.24) is 4.90 Å². The lowest BCUT2D eigenvalue weighted by Gasteiger charge is -2.25. The molecule has 0 saturated carbocycles. The Bertz CT molecular complexity index is 985. The standard InChI is InChI=1S/C26H35FN2O6/c1-17(8-10-22(31)34-14-13-29-11-5-4-6-12-29)7-9-19-24(28-21(30)15-27)23-20(16-35-26(23)32)18(2)25(19)33-3/h7H,4-6,8-16H2,1-3H3,(H,28,30)/b17-7+. The number of likely N-dealkylation sites (tertiary alicyclic amines) is 1. The van der Waals surface area contributed by atoms with Gasteiger partial charge in [-0.15, -0.1) is 0 Å². The van der Waals surface area contributed by atoms with Gasteiger partial charge < -0.3 is 19.5 Å². The van der Waals surface area contributed by atoms with Crippen LogP contribution in [0.25, 0.3) is 0 Å². The van der Waals surface area contributed by atoms with E-state index in [1.54, 1.807) is 0 Å². The Morgan fingerprint density at radius 2 is 1.94 bits per heavy atom. The molecule has 0 aromatic heterocycles. The predicted octanol–water partition coefficient (Wildman–Crippen LogP) is 3.88. The summed E-state index contributed by atoms with van der Waals surface area (Å²) >= 11 is 0. The van der Waals surface area contributed by atoms with Gasteiger partial charge in [-0.05, 0) is 58.2 Å². The van der Waals surface area contributed by atoms with Crippen LogP contribution in [0.3, 0.4) is 0 Å². The maximum atomic E-state index is 13.0. The third kappa shape index (κ3) is 6.81. The molecular weight excluding hydrogens is 455 g/mol. The molecule has 3 rings (SSSR count). The van der Waals surface area contributed by atoms with Crippen molar-refractivity contribution in [3.8, 4) is 5.75 Å². The number of fused-ring (bicyclic) bond motifs is 1. The fourth-order valence-corrected chi connectivity index (χ4v) is 4.58. The molecule has 1 amide bonds. The van der Waals surface area contributed by atoms with Gasteiger partial charge in [-0.2, -0.15) is 0 Å². The number of hydrogen-bond acceptors (Lipinski definition) is 7. The average Bonchev–Trinajstić information content (AvgIpc) is 3.25. The van der Waals surface area contributed by atoms with Crippen LogP contribution in [0, 0.1) is 6.92 Å². The van der Waals surface area contributed by atoms with Crippen LogP contribution < -0.4 is 10.1 Å². The number of esters is 2. The average molecular weight is 491 g/mol. The van der Waals surface area contributed by atoms with Crippen molar-refractivity contribution in [1.29, 1.82) is 0 Å². The fourth-order valence-electron chi connectivity index (χ4n) is 4.58. The molecule has 0 radical (unpaired) electrons. The zero-order valence-electron chi connectivity index (χ0n) is 20.8. The molecule has 0 aliphatic carbocycles. The van der Waals surface area contributed by atoms with Gasteiger partial charge in [0.05, 0.1) is 18.4 Å². The Morgan fingerprint density at radius 3 is 2.63 bits per heavy atom. The van der Waals surface area contributed by atoms with E-state index >= 15 is 0 Å². The number of ether oxygens (including phenoxy) is 3. The second kappa shape index (κ2) is 12.7. The molecular formula is C26H35FN2O6. The molecule has 2 aliphatic rings. The SMILES string of the molecule is COc1c(C)c2c(c(NC(=O)CF)c1C/C=C(\C)CCC(=O)OCCN1CCCCC1)C(=O)OC2. The molecule has 0 bridgehead atoms. The van der Waals surface area contributed by atoms with Crippen molar-refractivity contribution < 1.29 is 33.0 Å². The van der Waals surface area contributed by atoms with Crippen LogP contribution in [0.4, 0.5) is 10.1 Å². The first-order valence-corrected chi connectivity index (χ1v) is 12.1. The molecule has 0 unspecified atom stereocenters. The second-order valence-corrected chi connectivity index (χ2v) is 9.00.